The van der Waals surface area contributed by atoms with Crippen molar-refractivity contribution in [2.75, 3.05) is 5.43 Å². The number of nitrogens with zero attached hydrogens (tertiary/aromatic N) is 3. The van der Waals surface area contributed by atoms with E-state index in [9.17, 15) is 4.79 Å². The molecule has 1 aliphatic rings. The number of carbonyl (C=O) groups excluding carboxylic acids is 1. The van der Waals surface area contributed by atoms with Crippen LogP contribution in [0.3, 0.4) is 0 Å². The minimum absolute atomic E-state index is 0.0944. The minimum Gasteiger partial charge on any atom is -0.353 e. The minimum atomic E-state index is -0.226. The zero-order valence-electron chi connectivity index (χ0n) is 11.5. The Morgan fingerprint density at radius 3 is 2.48 bits per heavy atom. The molecule has 0 bridgehead atoms. The number of hydrogen-bond acceptors (Lipinski definition) is 5. The zero-order valence-corrected chi connectivity index (χ0v) is 11.5. The molecular weight excluding hydrogens is 266 g/mol. The van der Waals surface area contributed by atoms with Gasteiger partial charge in [-0.05, 0) is 37.0 Å². The summed E-state index contributed by atoms with van der Waals surface area (Å²) in [6, 6.07) is 11.1. The second kappa shape index (κ2) is 7.06. The van der Waals surface area contributed by atoms with E-state index < -0.39 is 0 Å². The van der Waals surface area contributed by atoms with E-state index in [0.29, 0.717) is 24.6 Å². The van der Waals surface area contributed by atoms with Gasteiger partial charge in [0.2, 0.25) is 11.6 Å². The Morgan fingerprint density at radius 1 is 1.24 bits per heavy atom. The molecule has 1 saturated carbocycles. The van der Waals surface area contributed by atoms with Gasteiger partial charge < -0.3 is 5.32 Å². The third-order valence-corrected chi connectivity index (χ3v) is 3.05. The number of aryl methyl sites for hydroxylation is 1. The van der Waals surface area contributed by atoms with Gasteiger partial charge in [0.1, 0.15) is 12.1 Å². The van der Waals surface area contributed by atoms with Gasteiger partial charge in [-0.3, -0.25) is 10.2 Å². The van der Waals surface area contributed by atoms with Crippen LogP contribution in [0, 0.1) is 22.7 Å². The molecular formula is C15H15N5O. The fourth-order valence-electron chi connectivity index (χ4n) is 1.73. The Bertz CT molecular complexity index is 601. The summed E-state index contributed by atoms with van der Waals surface area (Å²) in [5, 5.41) is 23.7. The van der Waals surface area contributed by atoms with Crippen molar-refractivity contribution in [1.82, 2.24) is 5.32 Å². The molecule has 0 saturated heterocycles. The van der Waals surface area contributed by atoms with Crippen LogP contribution in [0.15, 0.2) is 29.4 Å². The summed E-state index contributed by atoms with van der Waals surface area (Å²) < 4.78 is 0. The molecule has 2 N–H and O–H groups in total. The van der Waals surface area contributed by atoms with E-state index in [1.54, 1.807) is 24.3 Å². The summed E-state index contributed by atoms with van der Waals surface area (Å²) in [7, 11) is 0. The van der Waals surface area contributed by atoms with Crippen LogP contribution in [0.25, 0.3) is 0 Å². The molecule has 1 fully saturated rings. The molecule has 1 aromatic carbocycles. The average Bonchev–Trinajstić information content (AvgIpc) is 3.31. The number of benzene rings is 1. The normalized spacial score (nSPS) is 12.7. The summed E-state index contributed by atoms with van der Waals surface area (Å²) in [5.74, 6) is 0.0944. The molecule has 0 spiro atoms. The third kappa shape index (κ3) is 4.96. The van der Waals surface area contributed by atoms with Gasteiger partial charge in [-0.2, -0.15) is 15.6 Å². The molecule has 2 rings (SSSR count). The maximum absolute atomic E-state index is 11.6. The molecule has 6 nitrogen and oxygen atoms in total. The topological polar surface area (TPSA) is 101 Å². The van der Waals surface area contributed by atoms with Crippen LogP contribution in [0.5, 0.6) is 0 Å². The van der Waals surface area contributed by atoms with E-state index in [0.717, 1.165) is 18.4 Å². The third-order valence-electron chi connectivity index (χ3n) is 3.05. The lowest BCUT2D eigenvalue weighted by atomic mass is 10.1. The highest BCUT2D eigenvalue weighted by Gasteiger charge is 2.22. The highest BCUT2D eigenvalue weighted by atomic mass is 16.1. The Balaban J connectivity index is 1.81. The molecule has 0 aliphatic heterocycles. The number of amides is 1. The number of hydrazone groups is 1. The second-order valence-electron chi connectivity index (χ2n) is 4.83. The Morgan fingerprint density at radius 2 is 1.90 bits per heavy atom. The van der Waals surface area contributed by atoms with Crippen molar-refractivity contribution in [2.45, 2.75) is 31.7 Å². The standard InChI is InChI=1S/C15H15N5O/c16-9-14(10-17)20-19-13-4-1-11(2-5-13)3-8-15(21)18-12-6-7-12/h1-2,4-5,12,19H,3,6-8H2,(H,18,21). The van der Waals surface area contributed by atoms with Crippen molar-refractivity contribution in [1.29, 1.82) is 10.5 Å². The van der Waals surface area contributed by atoms with E-state index in [2.05, 4.69) is 15.8 Å². The lowest BCUT2D eigenvalue weighted by molar-refractivity contribution is -0.121. The van der Waals surface area contributed by atoms with Crippen LogP contribution in [-0.2, 0) is 11.2 Å². The first-order valence-corrected chi connectivity index (χ1v) is 6.73. The average molecular weight is 281 g/mol. The maximum atomic E-state index is 11.6. The largest absolute Gasteiger partial charge is 0.353 e. The second-order valence-corrected chi connectivity index (χ2v) is 4.83. The van der Waals surface area contributed by atoms with Crippen molar-refractivity contribution < 1.29 is 4.79 Å². The molecule has 0 radical (unpaired) electrons. The highest BCUT2D eigenvalue weighted by molar-refractivity contribution is 6.10. The summed E-state index contributed by atoms with van der Waals surface area (Å²) >= 11 is 0. The van der Waals surface area contributed by atoms with Crippen LogP contribution in [0.2, 0.25) is 0 Å². The summed E-state index contributed by atoms with van der Waals surface area (Å²) in [5.41, 5.74) is 4.15. The first kappa shape index (κ1) is 14.5. The van der Waals surface area contributed by atoms with Crippen LogP contribution in [-0.4, -0.2) is 17.7 Å². The summed E-state index contributed by atoms with van der Waals surface area (Å²) in [6.45, 7) is 0. The molecule has 0 atom stereocenters. The van der Waals surface area contributed by atoms with Gasteiger partial charge in [0, 0.05) is 12.5 Å². The molecule has 6 heteroatoms. The van der Waals surface area contributed by atoms with E-state index in [-0.39, 0.29) is 11.6 Å². The number of nitrogens with one attached hydrogen (secondary N) is 2. The van der Waals surface area contributed by atoms with Gasteiger partial charge in [0.15, 0.2) is 0 Å². The van der Waals surface area contributed by atoms with Crippen LogP contribution < -0.4 is 10.7 Å². The first-order valence-electron chi connectivity index (χ1n) is 6.73. The van der Waals surface area contributed by atoms with Gasteiger partial charge in [-0.15, -0.1) is 0 Å². The van der Waals surface area contributed by atoms with Crippen LogP contribution >= 0.6 is 0 Å². The van der Waals surface area contributed by atoms with Gasteiger partial charge in [-0.1, -0.05) is 12.1 Å². The van der Waals surface area contributed by atoms with Gasteiger partial charge in [0.05, 0.1) is 5.69 Å². The van der Waals surface area contributed by atoms with Gasteiger partial charge >= 0.3 is 0 Å². The Hall–Kier alpha value is -2.86. The lowest BCUT2D eigenvalue weighted by Crippen LogP contribution is -2.25. The quantitative estimate of drug-likeness (QED) is 0.612. The maximum Gasteiger partial charge on any atom is 0.237 e. The molecule has 1 aliphatic carbocycles. The van der Waals surface area contributed by atoms with Crippen LogP contribution in [0.4, 0.5) is 5.69 Å². The fraction of sp³-hybridized carbons (Fsp3) is 0.333. The van der Waals surface area contributed by atoms with Crippen molar-refractivity contribution in [3.63, 3.8) is 0 Å². The van der Waals surface area contributed by atoms with E-state index in [4.69, 9.17) is 10.5 Å². The number of anilines is 1. The van der Waals surface area contributed by atoms with Crippen LogP contribution in [0.1, 0.15) is 24.8 Å². The number of carbonyl (C=O) groups is 1. The lowest BCUT2D eigenvalue weighted by Gasteiger charge is -2.05. The number of hydrogen-bond donors (Lipinski definition) is 2. The van der Waals surface area contributed by atoms with E-state index in [1.165, 1.54) is 0 Å². The van der Waals surface area contributed by atoms with E-state index >= 15 is 0 Å². The summed E-state index contributed by atoms with van der Waals surface area (Å²) in [6.07, 6.45) is 3.36. The van der Waals surface area contributed by atoms with Crippen molar-refractivity contribution in [3.8, 4) is 12.1 Å². The Labute approximate surface area is 123 Å². The monoisotopic (exact) mass is 281 g/mol. The summed E-state index contributed by atoms with van der Waals surface area (Å²) in [4.78, 5) is 11.6. The predicted octanol–water partition coefficient (Wildman–Crippen LogP) is 1.71. The van der Waals surface area contributed by atoms with Crippen molar-refractivity contribution in [3.05, 3.63) is 29.8 Å². The SMILES string of the molecule is N#CC(C#N)=NNc1ccc(CCC(=O)NC2CC2)cc1. The fourth-order valence-corrected chi connectivity index (χ4v) is 1.73. The molecule has 0 aromatic heterocycles. The van der Waals surface area contributed by atoms with E-state index in [1.807, 2.05) is 12.1 Å². The Kier molecular flexibility index (Phi) is 4.89. The predicted molar refractivity (Wildman–Crippen MR) is 78.2 cm³/mol. The molecule has 1 aromatic rings. The molecule has 1 amide bonds. The molecule has 21 heavy (non-hydrogen) atoms. The van der Waals surface area contributed by atoms with Gasteiger partial charge in [0.25, 0.3) is 0 Å². The number of rotatable bonds is 6. The van der Waals surface area contributed by atoms with Crippen molar-refractivity contribution >= 4 is 17.3 Å². The highest BCUT2D eigenvalue weighted by Crippen LogP contribution is 2.19. The molecule has 106 valence electrons. The van der Waals surface area contributed by atoms with Crippen molar-refractivity contribution in [2.24, 2.45) is 5.10 Å². The molecule has 0 heterocycles. The zero-order chi connectivity index (χ0) is 15.1. The number of nitriles is 2. The van der Waals surface area contributed by atoms with Gasteiger partial charge in [-0.25, -0.2) is 0 Å². The smallest absolute Gasteiger partial charge is 0.237 e. The first-order chi connectivity index (χ1) is 10.2. The molecule has 0 unspecified atom stereocenters.